The smallest absolute Gasteiger partial charge is 0.261 e. The van der Waals surface area contributed by atoms with Crippen LogP contribution in [0.2, 0.25) is 0 Å². The first-order chi connectivity index (χ1) is 12.8. The van der Waals surface area contributed by atoms with Gasteiger partial charge in [-0.1, -0.05) is 12.1 Å². The predicted octanol–water partition coefficient (Wildman–Crippen LogP) is -0.551. The Labute approximate surface area is 157 Å². The summed E-state index contributed by atoms with van der Waals surface area (Å²) in [6.45, 7) is 2.87. The van der Waals surface area contributed by atoms with Gasteiger partial charge in [0.25, 0.3) is 11.8 Å². The Hall–Kier alpha value is -2.30. The summed E-state index contributed by atoms with van der Waals surface area (Å²) in [4.78, 5) is 39.3. The summed E-state index contributed by atoms with van der Waals surface area (Å²) in [5, 5.41) is 0. The zero-order valence-electron chi connectivity index (χ0n) is 14.9. The number of hydrogen-bond acceptors (Lipinski definition) is 6. The number of hydrogen-bond donors (Lipinski definition) is 1. The predicted molar refractivity (Wildman–Crippen MR) is 95.6 cm³/mol. The highest BCUT2D eigenvalue weighted by atomic mass is 32.2. The summed E-state index contributed by atoms with van der Waals surface area (Å²) in [6, 6.07) is 5.42. The van der Waals surface area contributed by atoms with Gasteiger partial charge >= 0.3 is 0 Å². The third kappa shape index (κ3) is 4.18. The third-order valence-corrected chi connectivity index (χ3v) is 5.94. The molecule has 1 fully saturated rings. The topological polar surface area (TPSA) is 113 Å². The molecule has 1 saturated heterocycles. The van der Waals surface area contributed by atoms with Gasteiger partial charge in [-0.2, -0.15) is 0 Å². The van der Waals surface area contributed by atoms with Crippen molar-refractivity contribution in [1.82, 2.24) is 14.5 Å². The van der Waals surface area contributed by atoms with E-state index in [0.29, 0.717) is 26.3 Å². The normalized spacial score (nSPS) is 18.6. The van der Waals surface area contributed by atoms with Gasteiger partial charge in [0, 0.05) is 19.6 Å². The minimum Gasteiger partial charge on any atom is -0.378 e. The highest BCUT2D eigenvalue weighted by Crippen LogP contribution is 2.22. The quantitative estimate of drug-likeness (QED) is 0.647. The SMILES string of the molecule is C[C@H](NS(=O)(=O)CCN1C(=O)c2ccccc2C1=O)C(=O)N1CCOCC1. The molecule has 0 saturated carbocycles. The van der Waals surface area contributed by atoms with Gasteiger partial charge in [0.15, 0.2) is 0 Å². The summed E-state index contributed by atoms with van der Waals surface area (Å²) in [5.41, 5.74) is 0.535. The molecule has 1 N–H and O–H groups in total. The van der Waals surface area contributed by atoms with Crippen molar-refractivity contribution in [1.29, 1.82) is 0 Å². The zero-order chi connectivity index (χ0) is 19.6. The van der Waals surface area contributed by atoms with Crippen molar-refractivity contribution in [2.24, 2.45) is 0 Å². The maximum absolute atomic E-state index is 12.3. The number of nitrogens with zero attached hydrogens (tertiary/aromatic N) is 2. The van der Waals surface area contributed by atoms with E-state index in [0.717, 1.165) is 4.90 Å². The highest BCUT2D eigenvalue weighted by Gasteiger charge is 2.36. The van der Waals surface area contributed by atoms with Crippen molar-refractivity contribution in [3.8, 4) is 0 Å². The monoisotopic (exact) mass is 395 g/mol. The third-order valence-electron chi connectivity index (χ3n) is 4.51. The number of carbonyl (C=O) groups is 3. The van der Waals surface area contributed by atoms with Crippen LogP contribution >= 0.6 is 0 Å². The molecule has 9 nitrogen and oxygen atoms in total. The number of fused-ring (bicyclic) bond motifs is 1. The largest absolute Gasteiger partial charge is 0.378 e. The van der Waals surface area contributed by atoms with Gasteiger partial charge in [0.05, 0.1) is 36.1 Å². The van der Waals surface area contributed by atoms with Crippen molar-refractivity contribution in [3.05, 3.63) is 35.4 Å². The summed E-state index contributed by atoms with van der Waals surface area (Å²) in [5.74, 6) is -1.83. The second kappa shape index (κ2) is 7.75. The molecule has 2 aliphatic heterocycles. The van der Waals surface area contributed by atoms with Gasteiger partial charge in [-0.15, -0.1) is 0 Å². The lowest BCUT2D eigenvalue weighted by Gasteiger charge is -2.29. The van der Waals surface area contributed by atoms with Gasteiger partial charge < -0.3 is 9.64 Å². The maximum Gasteiger partial charge on any atom is 0.261 e. The lowest BCUT2D eigenvalue weighted by molar-refractivity contribution is -0.136. The number of sulfonamides is 1. The lowest BCUT2D eigenvalue weighted by atomic mass is 10.1. The Kier molecular flexibility index (Phi) is 5.59. The number of nitrogens with one attached hydrogen (secondary N) is 1. The van der Waals surface area contributed by atoms with Crippen LogP contribution in [0, 0.1) is 0 Å². The molecule has 3 rings (SSSR count). The molecule has 1 atom stereocenters. The Balaban J connectivity index is 1.58. The standard InChI is InChI=1S/C17H21N3O6S/c1-12(15(21)19-6-9-26-10-7-19)18-27(24,25)11-8-20-16(22)13-4-2-3-5-14(13)17(20)23/h2-5,12,18H,6-11H2,1H3/t12-/m0/s1. The van der Waals surface area contributed by atoms with Crippen LogP contribution in [-0.2, 0) is 19.6 Å². The van der Waals surface area contributed by atoms with Crippen molar-refractivity contribution < 1.29 is 27.5 Å². The fraction of sp³-hybridized carbons (Fsp3) is 0.471. The molecule has 2 aliphatic rings. The molecule has 27 heavy (non-hydrogen) atoms. The van der Waals surface area contributed by atoms with Crippen LogP contribution in [0.15, 0.2) is 24.3 Å². The maximum atomic E-state index is 12.3. The van der Waals surface area contributed by atoms with Gasteiger partial charge in [-0.25, -0.2) is 13.1 Å². The van der Waals surface area contributed by atoms with Crippen LogP contribution in [0.1, 0.15) is 27.6 Å². The molecule has 0 spiro atoms. The molecule has 146 valence electrons. The molecule has 10 heteroatoms. The van der Waals surface area contributed by atoms with Crippen molar-refractivity contribution in [2.75, 3.05) is 38.6 Å². The summed E-state index contributed by atoms with van der Waals surface area (Å²) < 4.78 is 32.1. The Bertz CT molecular complexity index is 828. The average Bonchev–Trinajstić information content (AvgIpc) is 2.90. The molecule has 0 aromatic heterocycles. The number of morpholine rings is 1. The van der Waals surface area contributed by atoms with E-state index in [4.69, 9.17) is 4.74 Å². The number of carbonyl (C=O) groups excluding carboxylic acids is 3. The summed E-state index contributed by atoms with van der Waals surface area (Å²) in [6.07, 6.45) is 0. The molecular formula is C17H21N3O6S. The highest BCUT2D eigenvalue weighted by molar-refractivity contribution is 7.89. The Morgan fingerprint density at radius 1 is 1.15 bits per heavy atom. The van der Waals surface area contributed by atoms with E-state index in [2.05, 4.69) is 4.72 Å². The zero-order valence-corrected chi connectivity index (χ0v) is 15.7. The molecule has 0 radical (unpaired) electrons. The lowest BCUT2D eigenvalue weighted by Crippen LogP contribution is -2.51. The number of ether oxygens (including phenoxy) is 1. The van der Waals surface area contributed by atoms with E-state index in [1.165, 1.54) is 19.1 Å². The Morgan fingerprint density at radius 2 is 1.70 bits per heavy atom. The summed E-state index contributed by atoms with van der Waals surface area (Å²) >= 11 is 0. The van der Waals surface area contributed by atoms with Gasteiger partial charge in [-0.05, 0) is 19.1 Å². The van der Waals surface area contributed by atoms with Crippen molar-refractivity contribution >= 4 is 27.7 Å². The summed E-state index contributed by atoms with van der Waals surface area (Å²) in [7, 11) is -3.86. The number of rotatable bonds is 6. The molecule has 1 aromatic rings. The van der Waals surface area contributed by atoms with E-state index in [1.807, 2.05) is 0 Å². The number of amides is 3. The second-order valence-corrected chi connectivity index (χ2v) is 8.28. The molecule has 0 unspecified atom stereocenters. The van der Waals surface area contributed by atoms with Crippen molar-refractivity contribution in [3.63, 3.8) is 0 Å². The molecule has 0 bridgehead atoms. The minimum atomic E-state index is -3.86. The van der Waals surface area contributed by atoms with E-state index >= 15 is 0 Å². The minimum absolute atomic E-state index is 0.267. The molecule has 0 aliphatic carbocycles. The Morgan fingerprint density at radius 3 is 2.26 bits per heavy atom. The first-order valence-electron chi connectivity index (χ1n) is 8.62. The first kappa shape index (κ1) is 19.5. The fourth-order valence-electron chi connectivity index (χ4n) is 3.09. The van der Waals surface area contributed by atoms with Gasteiger partial charge in [-0.3, -0.25) is 19.3 Å². The van der Waals surface area contributed by atoms with E-state index in [-0.39, 0.29) is 23.6 Å². The average molecular weight is 395 g/mol. The molecular weight excluding hydrogens is 374 g/mol. The molecule has 1 aromatic carbocycles. The number of imide groups is 1. The fourth-order valence-corrected chi connectivity index (χ4v) is 4.27. The van der Waals surface area contributed by atoms with Crippen LogP contribution in [0.5, 0.6) is 0 Å². The second-order valence-electron chi connectivity index (χ2n) is 6.40. The van der Waals surface area contributed by atoms with Crippen LogP contribution in [0.25, 0.3) is 0 Å². The van der Waals surface area contributed by atoms with E-state index in [9.17, 15) is 22.8 Å². The van der Waals surface area contributed by atoms with Gasteiger partial charge in [0.2, 0.25) is 15.9 Å². The van der Waals surface area contributed by atoms with E-state index < -0.39 is 33.6 Å². The van der Waals surface area contributed by atoms with Crippen LogP contribution in [0.4, 0.5) is 0 Å². The molecule has 3 amide bonds. The van der Waals surface area contributed by atoms with E-state index in [1.54, 1.807) is 17.0 Å². The number of benzene rings is 1. The van der Waals surface area contributed by atoms with Crippen molar-refractivity contribution in [2.45, 2.75) is 13.0 Å². The van der Waals surface area contributed by atoms with Gasteiger partial charge in [0.1, 0.15) is 0 Å². The van der Waals surface area contributed by atoms with Crippen LogP contribution < -0.4 is 4.72 Å². The first-order valence-corrected chi connectivity index (χ1v) is 10.3. The van der Waals surface area contributed by atoms with Crippen LogP contribution in [0.3, 0.4) is 0 Å². The van der Waals surface area contributed by atoms with Crippen LogP contribution in [-0.4, -0.2) is 80.6 Å². The molecule has 2 heterocycles.